The Morgan fingerprint density at radius 2 is 0.958 bits per heavy atom. The van der Waals surface area contributed by atoms with E-state index in [1.165, 1.54) is 0 Å². The summed E-state index contributed by atoms with van der Waals surface area (Å²) < 4.78 is 0. The molecule has 2 aromatic rings. The van der Waals surface area contributed by atoms with E-state index in [4.69, 9.17) is 23.2 Å². The van der Waals surface area contributed by atoms with E-state index in [0.29, 0.717) is 21.2 Å². The molecule has 0 saturated heterocycles. The topological polar surface area (TPSA) is 34.1 Å². The largest absolute Gasteiger partial charge is 0.294 e. The smallest absolute Gasteiger partial charge is 0.166 e. The minimum atomic E-state index is -0.288. The Hall–Kier alpha value is -1.64. The molecule has 0 unspecified atom stereocenters. The number of benzene rings is 2. The number of Topliss-reactive ketones (excluding diaryl/α,β-unsaturated/α-hetero) is 2. The van der Waals surface area contributed by atoms with Crippen LogP contribution < -0.4 is 0 Å². The first-order valence-electron chi connectivity index (χ1n) is 7.99. The summed E-state index contributed by atoms with van der Waals surface area (Å²) in [6.07, 6.45) is 0. The average molecular weight is 361 g/mol. The molecule has 0 spiro atoms. The summed E-state index contributed by atoms with van der Waals surface area (Å²) in [6, 6.07) is 13.7. The second kappa shape index (κ2) is 6.70. The van der Waals surface area contributed by atoms with E-state index in [0.717, 1.165) is 0 Å². The van der Waals surface area contributed by atoms with Crippen LogP contribution in [0.5, 0.6) is 0 Å². The predicted molar refractivity (Wildman–Crippen MR) is 96.9 cm³/mol. The third-order valence-electron chi connectivity index (χ3n) is 5.21. The van der Waals surface area contributed by atoms with Gasteiger partial charge in [-0.05, 0) is 60.4 Å². The van der Waals surface area contributed by atoms with Crippen molar-refractivity contribution < 1.29 is 9.59 Å². The van der Waals surface area contributed by atoms with Crippen molar-refractivity contribution in [3.8, 4) is 0 Å². The highest BCUT2D eigenvalue weighted by Crippen LogP contribution is 2.48. The molecule has 1 fully saturated rings. The van der Waals surface area contributed by atoms with Gasteiger partial charge in [0.15, 0.2) is 11.6 Å². The first-order valence-corrected chi connectivity index (χ1v) is 8.75. The van der Waals surface area contributed by atoms with Crippen molar-refractivity contribution in [3.05, 3.63) is 69.7 Å². The predicted octanol–water partition coefficient (Wildman–Crippen LogP) is 5.58. The Labute approximate surface area is 151 Å². The van der Waals surface area contributed by atoms with E-state index in [9.17, 15) is 9.59 Å². The van der Waals surface area contributed by atoms with Crippen LogP contribution in [0, 0.1) is 23.7 Å². The first kappa shape index (κ1) is 17.2. The van der Waals surface area contributed by atoms with Gasteiger partial charge >= 0.3 is 0 Å². The van der Waals surface area contributed by atoms with Gasteiger partial charge in [0.2, 0.25) is 0 Å². The molecule has 0 amide bonds. The summed E-state index contributed by atoms with van der Waals surface area (Å²) in [4.78, 5) is 25.8. The Morgan fingerprint density at radius 3 is 1.25 bits per heavy atom. The number of rotatable bonds is 4. The van der Waals surface area contributed by atoms with Gasteiger partial charge in [-0.15, -0.1) is 0 Å². The van der Waals surface area contributed by atoms with E-state index in [2.05, 4.69) is 0 Å². The van der Waals surface area contributed by atoms with Crippen molar-refractivity contribution in [3.63, 3.8) is 0 Å². The normalized spacial score (nSPS) is 25.8. The van der Waals surface area contributed by atoms with Crippen molar-refractivity contribution in [2.75, 3.05) is 0 Å². The van der Waals surface area contributed by atoms with Crippen molar-refractivity contribution in [2.24, 2.45) is 23.7 Å². The molecule has 4 heteroatoms. The molecule has 0 heterocycles. The Morgan fingerprint density at radius 1 is 0.667 bits per heavy atom. The summed E-state index contributed by atoms with van der Waals surface area (Å²) in [5.74, 6) is -0.188. The third kappa shape index (κ3) is 3.01. The Bertz CT molecular complexity index is 698. The van der Waals surface area contributed by atoms with Gasteiger partial charge < -0.3 is 0 Å². The molecule has 0 N–H and O–H groups in total. The molecular weight excluding hydrogens is 343 g/mol. The number of hydrogen-bond acceptors (Lipinski definition) is 2. The lowest BCUT2D eigenvalue weighted by Gasteiger charge is -2.47. The van der Waals surface area contributed by atoms with Crippen LogP contribution in [0.4, 0.5) is 0 Å². The fraction of sp³-hybridized carbons (Fsp3) is 0.300. The maximum atomic E-state index is 12.9. The molecular formula is C20H18Cl2O2. The van der Waals surface area contributed by atoms with Gasteiger partial charge in [0, 0.05) is 33.0 Å². The van der Waals surface area contributed by atoms with E-state index < -0.39 is 0 Å². The summed E-state index contributed by atoms with van der Waals surface area (Å²) in [6.45, 7) is 4.07. The summed E-state index contributed by atoms with van der Waals surface area (Å²) in [5.41, 5.74) is 1.22. The van der Waals surface area contributed by atoms with Crippen LogP contribution in [0.25, 0.3) is 0 Å². The fourth-order valence-electron chi connectivity index (χ4n) is 3.58. The standard InChI is InChI=1S/C20H18Cl2O2/c1-11-12(2)18(20(24)14-5-9-16(22)10-6-14)17(11)19(23)13-3-7-15(21)8-4-13/h3-12,17-18H,1-2H3/t11-,12-,17+,18+/m0/s1. The van der Waals surface area contributed by atoms with Gasteiger partial charge in [-0.3, -0.25) is 9.59 Å². The molecule has 1 saturated carbocycles. The molecule has 24 heavy (non-hydrogen) atoms. The van der Waals surface area contributed by atoms with Crippen LogP contribution in [0.2, 0.25) is 10.0 Å². The molecule has 0 bridgehead atoms. The van der Waals surface area contributed by atoms with Gasteiger partial charge in [0.1, 0.15) is 0 Å². The highest BCUT2D eigenvalue weighted by molar-refractivity contribution is 6.31. The minimum Gasteiger partial charge on any atom is -0.294 e. The minimum absolute atomic E-state index is 0.0181. The lowest BCUT2D eigenvalue weighted by molar-refractivity contribution is 0.0130. The third-order valence-corrected chi connectivity index (χ3v) is 5.72. The van der Waals surface area contributed by atoms with Crippen LogP contribution in [0.15, 0.2) is 48.5 Å². The maximum Gasteiger partial charge on any atom is 0.166 e. The molecule has 1 aliphatic rings. The maximum absolute atomic E-state index is 12.9. The van der Waals surface area contributed by atoms with Crippen LogP contribution in [0.3, 0.4) is 0 Å². The van der Waals surface area contributed by atoms with Crippen molar-refractivity contribution in [1.29, 1.82) is 0 Å². The first-order chi connectivity index (χ1) is 11.4. The lowest BCUT2D eigenvalue weighted by atomic mass is 9.54. The number of ketones is 2. The average Bonchev–Trinajstić information content (AvgIpc) is 2.59. The van der Waals surface area contributed by atoms with Crippen molar-refractivity contribution >= 4 is 34.8 Å². The second-order valence-corrected chi connectivity index (χ2v) is 7.38. The number of carbonyl (C=O) groups is 2. The van der Waals surface area contributed by atoms with Gasteiger partial charge in [-0.1, -0.05) is 37.0 Å². The number of carbonyl (C=O) groups excluding carboxylic acids is 2. The van der Waals surface area contributed by atoms with Gasteiger partial charge in [-0.2, -0.15) is 0 Å². The van der Waals surface area contributed by atoms with Crippen LogP contribution in [0.1, 0.15) is 34.6 Å². The zero-order valence-corrected chi connectivity index (χ0v) is 15.0. The number of halogens is 2. The van der Waals surface area contributed by atoms with Gasteiger partial charge in [0.05, 0.1) is 0 Å². The van der Waals surface area contributed by atoms with Gasteiger partial charge in [-0.25, -0.2) is 0 Å². The zero-order valence-electron chi connectivity index (χ0n) is 13.5. The monoisotopic (exact) mass is 360 g/mol. The molecule has 0 aromatic heterocycles. The summed E-state index contributed by atoms with van der Waals surface area (Å²) in [5, 5.41) is 1.19. The van der Waals surface area contributed by atoms with Crippen LogP contribution >= 0.6 is 23.2 Å². The van der Waals surface area contributed by atoms with E-state index in [1.54, 1.807) is 48.5 Å². The molecule has 3 rings (SSSR count). The molecule has 124 valence electrons. The van der Waals surface area contributed by atoms with E-state index in [-0.39, 0.29) is 35.2 Å². The fourth-order valence-corrected chi connectivity index (χ4v) is 3.83. The second-order valence-electron chi connectivity index (χ2n) is 6.51. The zero-order chi connectivity index (χ0) is 17.4. The molecule has 2 nitrogen and oxygen atoms in total. The van der Waals surface area contributed by atoms with E-state index in [1.807, 2.05) is 13.8 Å². The van der Waals surface area contributed by atoms with Gasteiger partial charge in [0.25, 0.3) is 0 Å². The van der Waals surface area contributed by atoms with Crippen molar-refractivity contribution in [2.45, 2.75) is 13.8 Å². The molecule has 0 radical (unpaired) electrons. The highest BCUT2D eigenvalue weighted by atomic mass is 35.5. The lowest BCUT2D eigenvalue weighted by Crippen LogP contribution is -2.51. The summed E-state index contributed by atoms with van der Waals surface area (Å²) in [7, 11) is 0. The molecule has 0 aliphatic heterocycles. The SMILES string of the molecule is C[C@H]1[C@H](C)[C@@H](C(=O)c2ccc(Cl)cc2)[C@@H]1C(=O)c1ccc(Cl)cc1. The Balaban J connectivity index is 1.86. The van der Waals surface area contributed by atoms with Crippen LogP contribution in [-0.4, -0.2) is 11.6 Å². The molecule has 4 atom stereocenters. The van der Waals surface area contributed by atoms with Crippen molar-refractivity contribution in [1.82, 2.24) is 0 Å². The van der Waals surface area contributed by atoms with E-state index >= 15 is 0 Å². The summed E-state index contributed by atoms with van der Waals surface area (Å²) >= 11 is 11.8. The number of hydrogen-bond donors (Lipinski definition) is 0. The molecule has 1 aliphatic carbocycles. The Kier molecular flexibility index (Phi) is 4.80. The quantitative estimate of drug-likeness (QED) is 0.667. The molecule has 2 aromatic carbocycles. The highest BCUT2D eigenvalue weighted by Gasteiger charge is 2.52. The van der Waals surface area contributed by atoms with Crippen LogP contribution in [-0.2, 0) is 0 Å².